The summed E-state index contributed by atoms with van der Waals surface area (Å²) in [7, 11) is 0. The first kappa shape index (κ1) is 16.2. The van der Waals surface area contributed by atoms with E-state index in [1.807, 2.05) is 45.0 Å². The quantitative estimate of drug-likeness (QED) is 0.778. The molecule has 0 aromatic heterocycles. The van der Waals surface area contributed by atoms with Gasteiger partial charge >= 0.3 is 0 Å². The lowest BCUT2D eigenvalue weighted by atomic mass is 10.2. The van der Waals surface area contributed by atoms with E-state index in [-0.39, 0.29) is 18.2 Å². The number of hydrogen-bond donors (Lipinski definition) is 1. The third kappa shape index (κ3) is 5.03. The highest BCUT2D eigenvalue weighted by molar-refractivity contribution is 6.03. The van der Waals surface area contributed by atoms with Crippen LogP contribution in [0.1, 0.15) is 38.7 Å². The van der Waals surface area contributed by atoms with Crippen LogP contribution < -0.4 is 5.32 Å². The number of hydrogen-bond acceptors (Lipinski definition) is 2. The standard InChI is InChI=1S/C16H24N2O2/c1-4-10-18(11-5-2)16(20)12-15(19)17-14-9-7-6-8-13(14)3/h6-9H,4-5,10-12H2,1-3H3,(H,17,19). The summed E-state index contributed by atoms with van der Waals surface area (Å²) in [5.41, 5.74) is 1.76. The maximum atomic E-state index is 12.1. The van der Waals surface area contributed by atoms with E-state index in [2.05, 4.69) is 5.32 Å². The third-order valence-corrected chi connectivity index (χ3v) is 3.07. The summed E-state index contributed by atoms with van der Waals surface area (Å²) in [4.78, 5) is 25.8. The van der Waals surface area contributed by atoms with E-state index in [0.717, 1.165) is 24.1 Å². The van der Waals surface area contributed by atoms with E-state index < -0.39 is 0 Å². The van der Waals surface area contributed by atoms with E-state index >= 15 is 0 Å². The minimum absolute atomic E-state index is 0.0890. The van der Waals surface area contributed by atoms with Gasteiger partial charge in [0.1, 0.15) is 6.42 Å². The Morgan fingerprint density at radius 2 is 1.70 bits per heavy atom. The smallest absolute Gasteiger partial charge is 0.233 e. The van der Waals surface area contributed by atoms with Crippen molar-refractivity contribution < 1.29 is 9.59 Å². The van der Waals surface area contributed by atoms with E-state index in [1.54, 1.807) is 4.90 Å². The van der Waals surface area contributed by atoms with Gasteiger partial charge in [0.2, 0.25) is 11.8 Å². The number of amides is 2. The Kier molecular flexibility index (Phi) is 6.77. The third-order valence-electron chi connectivity index (χ3n) is 3.07. The van der Waals surface area contributed by atoms with Gasteiger partial charge in [-0.2, -0.15) is 0 Å². The van der Waals surface area contributed by atoms with Gasteiger partial charge in [-0.25, -0.2) is 0 Å². The Morgan fingerprint density at radius 1 is 1.10 bits per heavy atom. The lowest BCUT2D eigenvalue weighted by Crippen LogP contribution is -2.35. The molecule has 0 aliphatic carbocycles. The average molecular weight is 276 g/mol. The van der Waals surface area contributed by atoms with E-state index in [1.165, 1.54) is 0 Å². The van der Waals surface area contributed by atoms with Crippen molar-refractivity contribution >= 4 is 17.5 Å². The van der Waals surface area contributed by atoms with Gasteiger partial charge in [-0.3, -0.25) is 9.59 Å². The minimum atomic E-state index is -0.249. The van der Waals surface area contributed by atoms with Crippen LogP contribution in [-0.4, -0.2) is 29.8 Å². The molecule has 0 aliphatic rings. The lowest BCUT2D eigenvalue weighted by Gasteiger charge is -2.21. The molecule has 0 saturated heterocycles. The Hall–Kier alpha value is -1.84. The maximum Gasteiger partial charge on any atom is 0.233 e. The minimum Gasteiger partial charge on any atom is -0.342 e. The Morgan fingerprint density at radius 3 is 2.25 bits per heavy atom. The second-order valence-corrected chi connectivity index (χ2v) is 4.92. The van der Waals surface area contributed by atoms with Crippen LogP contribution in [0.3, 0.4) is 0 Å². The first-order valence-electron chi connectivity index (χ1n) is 7.21. The van der Waals surface area contributed by atoms with E-state index in [0.29, 0.717) is 13.1 Å². The van der Waals surface area contributed by atoms with Gasteiger partial charge in [0, 0.05) is 18.8 Å². The normalized spacial score (nSPS) is 10.2. The van der Waals surface area contributed by atoms with Gasteiger partial charge in [-0.05, 0) is 31.4 Å². The average Bonchev–Trinajstić information content (AvgIpc) is 2.41. The zero-order chi connectivity index (χ0) is 15.0. The van der Waals surface area contributed by atoms with Crippen LogP contribution in [0.25, 0.3) is 0 Å². The summed E-state index contributed by atoms with van der Waals surface area (Å²) < 4.78 is 0. The van der Waals surface area contributed by atoms with Gasteiger partial charge in [0.25, 0.3) is 0 Å². The molecule has 0 radical (unpaired) electrons. The molecular formula is C16H24N2O2. The van der Waals surface area contributed by atoms with Crippen LogP contribution in [0.2, 0.25) is 0 Å². The van der Waals surface area contributed by atoms with Crippen LogP contribution in [0, 0.1) is 6.92 Å². The van der Waals surface area contributed by atoms with Crippen molar-refractivity contribution in [3.05, 3.63) is 29.8 Å². The zero-order valence-corrected chi connectivity index (χ0v) is 12.6. The van der Waals surface area contributed by atoms with Crippen molar-refractivity contribution in [3.8, 4) is 0 Å². The van der Waals surface area contributed by atoms with Crippen molar-refractivity contribution in [1.29, 1.82) is 0 Å². The molecule has 2 amide bonds. The van der Waals surface area contributed by atoms with Crippen molar-refractivity contribution in [2.45, 2.75) is 40.0 Å². The Balaban J connectivity index is 2.56. The molecule has 1 aromatic rings. The molecule has 4 heteroatoms. The fourth-order valence-corrected chi connectivity index (χ4v) is 2.06. The van der Waals surface area contributed by atoms with Gasteiger partial charge in [-0.15, -0.1) is 0 Å². The monoisotopic (exact) mass is 276 g/mol. The predicted molar refractivity (Wildman–Crippen MR) is 81.6 cm³/mol. The predicted octanol–water partition coefficient (Wildman–Crippen LogP) is 2.97. The SMILES string of the molecule is CCCN(CCC)C(=O)CC(=O)Nc1ccccc1C. The molecule has 0 bridgehead atoms. The van der Waals surface area contributed by atoms with Crippen molar-refractivity contribution in [2.75, 3.05) is 18.4 Å². The fraction of sp³-hybridized carbons (Fsp3) is 0.500. The lowest BCUT2D eigenvalue weighted by molar-refractivity contribution is -0.134. The van der Waals surface area contributed by atoms with Gasteiger partial charge in [0.05, 0.1) is 0 Å². The van der Waals surface area contributed by atoms with Crippen LogP contribution in [0.5, 0.6) is 0 Å². The van der Waals surface area contributed by atoms with Crippen molar-refractivity contribution in [3.63, 3.8) is 0 Å². The summed E-state index contributed by atoms with van der Waals surface area (Å²) in [5.74, 6) is -0.346. The van der Waals surface area contributed by atoms with Crippen LogP contribution in [0.4, 0.5) is 5.69 Å². The molecule has 0 spiro atoms. The molecule has 1 N–H and O–H groups in total. The highest BCUT2D eigenvalue weighted by Crippen LogP contribution is 2.13. The number of nitrogens with one attached hydrogen (secondary N) is 1. The molecule has 4 nitrogen and oxygen atoms in total. The molecule has 0 heterocycles. The maximum absolute atomic E-state index is 12.1. The van der Waals surface area contributed by atoms with Gasteiger partial charge in [0.15, 0.2) is 0 Å². The Bertz CT molecular complexity index is 452. The fourth-order valence-electron chi connectivity index (χ4n) is 2.06. The number of nitrogens with zero attached hydrogens (tertiary/aromatic N) is 1. The van der Waals surface area contributed by atoms with E-state index in [9.17, 15) is 9.59 Å². The molecule has 110 valence electrons. The number of benzene rings is 1. The van der Waals surface area contributed by atoms with Crippen molar-refractivity contribution in [1.82, 2.24) is 4.90 Å². The highest BCUT2D eigenvalue weighted by atomic mass is 16.2. The van der Waals surface area contributed by atoms with Crippen LogP contribution in [0.15, 0.2) is 24.3 Å². The zero-order valence-electron chi connectivity index (χ0n) is 12.6. The molecular weight excluding hydrogens is 252 g/mol. The topological polar surface area (TPSA) is 49.4 Å². The summed E-state index contributed by atoms with van der Waals surface area (Å²) in [6.07, 6.45) is 1.73. The van der Waals surface area contributed by atoms with Gasteiger partial charge < -0.3 is 10.2 Å². The number of carbonyl (C=O) groups is 2. The molecule has 1 rings (SSSR count). The highest BCUT2D eigenvalue weighted by Gasteiger charge is 2.16. The number of carbonyl (C=O) groups excluding carboxylic acids is 2. The van der Waals surface area contributed by atoms with Crippen LogP contribution in [-0.2, 0) is 9.59 Å². The van der Waals surface area contributed by atoms with Gasteiger partial charge in [-0.1, -0.05) is 32.0 Å². The van der Waals surface area contributed by atoms with Crippen molar-refractivity contribution in [2.24, 2.45) is 0 Å². The summed E-state index contributed by atoms with van der Waals surface area (Å²) in [6, 6.07) is 7.55. The molecule has 1 aromatic carbocycles. The first-order chi connectivity index (χ1) is 9.58. The molecule has 0 aliphatic heterocycles. The molecule has 0 fully saturated rings. The molecule has 0 unspecified atom stereocenters. The number of para-hydroxylation sites is 1. The molecule has 20 heavy (non-hydrogen) atoms. The molecule has 0 atom stereocenters. The second-order valence-electron chi connectivity index (χ2n) is 4.92. The number of rotatable bonds is 7. The first-order valence-corrected chi connectivity index (χ1v) is 7.21. The van der Waals surface area contributed by atoms with Crippen LogP contribution >= 0.6 is 0 Å². The molecule has 0 saturated carbocycles. The number of aryl methyl sites for hydroxylation is 1. The van der Waals surface area contributed by atoms with E-state index in [4.69, 9.17) is 0 Å². The Labute approximate surface area is 121 Å². The summed E-state index contributed by atoms with van der Waals surface area (Å²) in [6.45, 7) is 7.42. The summed E-state index contributed by atoms with van der Waals surface area (Å²) >= 11 is 0. The second kappa shape index (κ2) is 8.35. The number of anilines is 1. The summed E-state index contributed by atoms with van der Waals surface area (Å²) in [5, 5.41) is 2.79. The largest absolute Gasteiger partial charge is 0.342 e.